The molecule has 0 aliphatic carbocycles. The van der Waals surface area contributed by atoms with Crippen LogP contribution in [0.3, 0.4) is 0 Å². The summed E-state index contributed by atoms with van der Waals surface area (Å²) in [6.07, 6.45) is 2.61. The third kappa shape index (κ3) is 2.45. The van der Waals surface area contributed by atoms with Crippen molar-refractivity contribution >= 4 is 16.3 Å². The van der Waals surface area contributed by atoms with E-state index in [1.807, 2.05) is 0 Å². The van der Waals surface area contributed by atoms with Crippen molar-refractivity contribution in [2.75, 3.05) is 13.3 Å². The van der Waals surface area contributed by atoms with E-state index >= 15 is 0 Å². The second-order valence-corrected chi connectivity index (χ2v) is 4.12. The van der Waals surface area contributed by atoms with Gasteiger partial charge in [-0.1, -0.05) is 0 Å². The summed E-state index contributed by atoms with van der Waals surface area (Å²) in [4.78, 5) is 9.96. The van der Waals surface area contributed by atoms with Crippen molar-refractivity contribution in [1.29, 1.82) is 0 Å². The molecule has 0 heterocycles. The number of hydrogen-bond donors (Lipinski definition) is 0. The second kappa shape index (κ2) is 3.12. The van der Waals surface area contributed by atoms with Crippen molar-refractivity contribution in [3.63, 3.8) is 0 Å². The first kappa shape index (κ1) is 9.58. The van der Waals surface area contributed by atoms with E-state index < -0.39 is 16.1 Å². The fourth-order valence-electron chi connectivity index (χ4n) is 0.361. The first-order chi connectivity index (χ1) is 4.39. The van der Waals surface area contributed by atoms with Crippen molar-refractivity contribution in [2.24, 2.45) is 0 Å². The summed E-state index contributed by atoms with van der Waals surface area (Å²) in [5.41, 5.74) is 0. The Balaban J connectivity index is 4.37. The predicted molar refractivity (Wildman–Crippen MR) is 37.8 cm³/mol. The SMILES string of the molecule is C[C@@H]([C]=O)N(C)S(C)(=O)=O. The average Bonchev–Trinajstić information content (AvgIpc) is 1.83. The zero-order valence-electron chi connectivity index (χ0n) is 6.16. The van der Waals surface area contributed by atoms with Gasteiger partial charge in [-0.2, -0.15) is 4.31 Å². The summed E-state index contributed by atoms with van der Waals surface area (Å²) in [7, 11) is -1.91. The quantitative estimate of drug-likeness (QED) is 0.558. The fraction of sp³-hybridized carbons (Fsp3) is 0.800. The minimum Gasteiger partial charge on any atom is -0.289 e. The van der Waals surface area contributed by atoms with Gasteiger partial charge >= 0.3 is 0 Å². The van der Waals surface area contributed by atoms with E-state index in [2.05, 4.69) is 0 Å². The lowest BCUT2D eigenvalue weighted by Gasteiger charge is -2.15. The molecular weight excluding hydrogens is 154 g/mol. The molecule has 0 saturated heterocycles. The Labute approximate surface area is 60.9 Å². The minimum atomic E-state index is -3.24. The van der Waals surface area contributed by atoms with Crippen LogP contribution in [0.1, 0.15) is 6.92 Å². The lowest BCUT2D eigenvalue weighted by atomic mass is 10.4. The van der Waals surface area contributed by atoms with Gasteiger partial charge in [0.25, 0.3) is 0 Å². The summed E-state index contributed by atoms with van der Waals surface area (Å²) in [5.74, 6) is 0. The molecule has 0 aliphatic heterocycles. The smallest absolute Gasteiger partial charge is 0.217 e. The Morgan fingerprint density at radius 3 is 2.00 bits per heavy atom. The first-order valence-corrected chi connectivity index (χ1v) is 4.55. The van der Waals surface area contributed by atoms with Gasteiger partial charge in [0.15, 0.2) is 0 Å². The largest absolute Gasteiger partial charge is 0.289 e. The number of carbonyl (C=O) groups excluding carboxylic acids is 1. The number of hydrogen-bond acceptors (Lipinski definition) is 3. The number of likely N-dealkylation sites (N-methyl/N-ethyl adjacent to an activating group) is 1. The van der Waals surface area contributed by atoms with Gasteiger partial charge in [-0.05, 0) is 6.92 Å². The molecule has 0 N–H and O–H groups in total. The molecule has 0 saturated carbocycles. The van der Waals surface area contributed by atoms with Gasteiger partial charge in [-0.15, -0.1) is 0 Å². The second-order valence-electron chi connectivity index (χ2n) is 2.07. The van der Waals surface area contributed by atoms with Gasteiger partial charge in [0, 0.05) is 7.05 Å². The molecule has 59 valence electrons. The van der Waals surface area contributed by atoms with Crippen molar-refractivity contribution in [3.8, 4) is 0 Å². The average molecular weight is 164 g/mol. The molecule has 0 aromatic carbocycles. The van der Waals surface area contributed by atoms with E-state index in [1.165, 1.54) is 14.0 Å². The molecule has 10 heavy (non-hydrogen) atoms. The van der Waals surface area contributed by atoms with E-state index in [1.54, 1.807) is 6.29 Å². The molecule has 0 fully saturated rings. The fourth-order valence-corrected chi connectivity index (χ4v) is 0.979. The number of sulfonamides is 1. The lowest BCUT2D eigenvalue weighted by molar-refractivity contribution is 0.433. The van der Waals surface area contributed by atoms with Gasteiger partial charge in [0.05, 0.1) is 12.3 Å². The summed E-state index contributed by atoms with van der Waals surface area (Å²) >= 11 is 0. The zero-order chi connectivity index (χ0) is 8.36. The van der Waals surface area contributed by atoms with Crippen LogP contribution in [0.4, 0.5) is 0 Å². The highest BCUT2D eigenvalue weighted by Crippen LogP contribution is 1.97. The molecule has 0 unspecified atom stereocenters. The van der Waals surface area contributed by atoms with Crippen molar-refractivity contribution in [1.82, 2.24) is 4.31 Å². The molecule has 5 heteroatoms. The first-order valence-electron chi connectivity index (χ1n) is 2.70. The molecule has 0 rings (SSSR count). The van der Waals surface area contributed by atoms with Crippen LogP contribution in [0, 0.1) is 0 Å². The number of nitrogens with zero attached hydrogens (tertiary/aromatic N) is 1. The normalized spacial score (nSPS) is 15.2. The molecule has 0 aromatic heterocycles. The summed E-state index contributed by atoms with van der Waals surface area (Å²) in [6.45, 7) is 1.47. The van der Waals surface area contributed by atoms with E-state index in [0.717, 1.165) is 10.6 Å². The summed E-state index contributed by atoms with van der Waals surface area (Å²) in [6, 6.07) is -0.699. The van der Waals surface area contributed by atoms with Crippen LogP contribution in [-0.2, 0) is 14.8 Å². The van der Waals surface area contributed by atoms with Crippen LogP contribution in [0.2, 0.25) is 0 Å². The maximum Gasteiger partial charge on any atom is 0.217 e. The Morgan fingerprint density at radius 1 is 1.50 bits per heavy atom. The standard InChI is InChI=1S/C5H10NO3S/c1-5(4-7)6(2)10(3,8)9/h5H,1-3H3/t5-/m0/s1. The van der Waals surface area contributed by atoms with E-state index in [4.69, 9.17) is 0 Å². The summed E-state index contributed by atoms with van der Waals surface area (Å²) in [5, 5.41) is 0. The Bertz CT molecular complexity index is 209. The van der Waals surface area contributed by atoms with Gasteiger partial charge in [-0.25, -0.2) is 8.42 Å². The van der Waals surface area contributed by atoms with Crippen molar-refractivity contribution < 1.29 is 13.2 Å². The Hall–Kier alpha value is -0.420. The molecule has 1 atom stereocenters. The molecular formula is C5H10NO3S. The molecule has 0 spiro atoms. The van der Waals surface area contributed by atoms with Gasteiger partial charge in [0.2, 0.25) is 16.3 Å². The molecule has 4 nitrogen and oxygen atoms in total. The van der Waals surface area contributed by atoms with Crippen LogP contribution in [0.15, 0.2) is 0 Å². The lowest BCUT2D eigenvalue weighted by Crippen LogP contribution is -2.34. The van der Waals surface area contributed by atoms with Crippen molar-refractivity contribution in [2.45, 2.75) is 13.0 Å². The highest BCUT2D eigenvalue weighted by Gasteiger charge is 2.17. The number of rotatable bonds is 3. The van der Waals surface area contributed by atoms with Crippen LogP contribution in [0.5, 0.6) is 0 Å². The Morgan fingerprint density at radius 2 is 1.90 bits per heavy atom. The van der Waals surface area contributed by atoms with Crippen LogP contribution in [0.25, 0.3) is 0 Å². The molecule has 0 bridgehead atoms. The zero-order valence-corrected chi connectivity index (χ0v) is 6.97. The summed E-state index contributed by atoms with van der Waals surface area (Å²) < 4.78 is 22.3. The topological polar surface area (TPSA) is 54.5 Å². The molecule has 0 amide bonds. The van der Waals surface area contributed by atoms with Gasteiger partial charge in [-0.3, -0.25) is 4.79 Å². The van der Waals surface area contributed by atoms with Crippen LogP contribution in [-0.4, -0.2) is 38.4 Å². The minimum absolute atomic E-state index is 0.699. The molecule has 1 radical (unpaired) electrons. The van der Waals surface area contributed by atoms with E-state index in [9.17, 15) is 13.2 Å². The van der Waals surface area contributed by atoms with E-state index in [0.29, 0.717) is 0 Å². The van der Waals surface area contributed by atoms with Gasteiger partial charge < -0.3 is 0 Å². The highest BCUT2D eigenvalue weighted by molar-refractivity contribution is 7.88. The third-order valence-electron chi connectivity index (χ3n) is 1.24. The maximum absolute atomic E-state index is 10.7. The van der Waals surface area contributed by atoms with Crippen LogP contribution < -0.4 is 0 Å². The highest BCUT2D eigenvalue weighted by atomic mass is 32.2. The maximum atomic E-state index is 10.7. The van der Waals surface area contributed by atoms with Gasteiger partial charge in [0.1, 0.15) is 0 Å². The third-order valence-corrected chi connectivity index (χ3v) is 2.60. The Kier molecular flexibility index (Phi) is 2.98. The van der Waals surface area contributed by atoms with Crippen molar-refractivity contribution in [3.05, 3.63) is 0 Å². The monoisotopic (exact) mass is 164 g/mol. The van der Waals surface area contributed by atoms with Crippen LogP contribution >= 0.6 is 0 Å². The van der Waals surface area contributed by atoms with E-state index in [-0.39, 0.29) is 0 Å². The predicted octanol–water partition coefficient (Wildman–Crippen LogP) is -0.624. The molecule has 0 aromatic rings. The molecule has 0 aliphatic rings.